The number of nitrogens with two attached hydrogens (primary N) is 1. The molecule has 1 fully saturated rings. The van der Waals surface area contributed by atoms with Crippen LogP contribution in [0.4, 0.5) is 0 Å². The van der Waals surface area contributed by atoms with Gasteiger partial charge >= 0.3 is 0 Å². The van der Waals surface area contributed by atoms with Crippen molar-refractivity contribution in [3.05, 3.63) is 0 Å². The average Bonchev–Trinajstić information content (AvgIpc) is 1.98. The maximum absolute atomic E-state index is 9.08. The molecule has 3 N–H and O–H groups in total. The monoisotopic (exact) mass is 157 g/mol. The van der Waals surface area contributed by atoms with Crippen LogP contribution in [0.2, 0.25) is 0 Å². The fourth-order valence-electron chi connectivity index (χ4n) is 1.95. The van der Waals surface area contributed by atoms with Gasteiger partial charge in [-0.25, -0.2) is 0 Å². The SMILES string of the molecule is CC1CCC(N)(CO)C(C)C1. The first-order valence-corrected chi connectivity index (χ1v) is 4.48. The Labute approximate surface area is 68.8 Å². The molecule has 0 saturated heterocycles. The van der Waals surface area contributed by atoms with Crippen LogP contribution in [0, 0.1) is 11.8 Å². The summed E-state index contributed by atoms with van der Waals surface area (Å²) >= 11 is 0. The second-order valence-corrected chi connectivity index (χ2v) is 4.17. The van der Waals surface area contributed by atoms with E-state index in [0.29, 0.717) is 5.92 Å². The van der Waals surface area contributed by atoms with Gasteiger partial charge < -0.3 is 10.8 Å². The number of hydrogen-bond donors (Lipinski definition) is 2. The summed E-state index contributed by atoms with van der Waals surface area (Å²) in [6.07, 6.45) is 3.31. The Morgan fingerprint density at radius 1 is 1.55 bits per heavy atom. The summed E-state index contributed by atoms with van der Waals surface area (Å²) in [7, 11) is 0. The summed E-state index contributed by atoms with van der Waals surface area (Å²) in [6.45, 7) is 4.54. The van der Waals surface area contributed by atoms with E-state index in [1.165, 1.54) is 6.42 Å². The largest absolute Gasteiger partial charge is 0.394 e. The van der Waals surface area contributed by atoms with Crippen molar-refractivity contribution in [3.63, 3.8) is 0 Å². The molecule has 0 heterocycles. The normalized spacial score (nSPS) is 45.8. The Balaban J connectivity index is 2.56. The van der Waals surface area contributed by atoms with Crippen LogP contribution in [0.25, 0.3) is 0 Å². The molecule has 1 aliphatic carbocycles. The van der Waals surface area contributed by atoms with Crippen molar-refractivity contribution >= 4 is 0 Å². The highest BCUT2D eigenvalue weighted by Crippen LogP contribution is 2.34. The molecule has 2 nitrogen and oxygen atoms in total. The average molecular weight is 157 g/mol. The molecular weight excluding hydrogens is 138 g/mol. The minimum atomic E-state index is -0.285. The number of rotatable bonds is 1. The first-order valence-electron chi connectivity index (χ1n) is 4.48. The van der Waals surface area contributed by atoms with Gasteiger partial charge in [-0.3, -0.25) is 0 Å². The van der Waals surface area contributed by atoms with Crippen molar-refractivity contribution in [2.24, 2.45) is 17.6 Å². The van der Waals surface area contributed by atoms with Crippen LogP contribution in [0.1, 0.15) is 33.1 Å². The molecule has 1 rings (SSSR count). The summed E-state index contributed by atoms with van der Waals surface area (Å²) in [5, 5.41) is 9.08. The predicted molar refractivity (Wildman–Crippen MR) is 46.2 cm³/mol. The molecule has 1 aliphatic rings. The van der Waals surface area contributed by atoms with Crippen molar-refractivity contribution in [2.45, 2.75) is 38.6 Å². The number of aliphatic hydroxyl groups is 1. The zero-order valence-corrected chi connectivity index (χ0v) is 7.51. The first-order chi connectivity index (χ1) is 5.08. The Kier molecular flexibility index (Phi) is 2.55. The summed E-state index contributed by atoms with van der Waals surface area (Å²) in [4.78, 5) is 0. The lowest BCUT2D eigenvalue weighted by molar-refractivity contribution is 0.0898. The molecule has 2 heteroatoms. The fourth-order valence-corrected chi connectivity index (χ4v) is 1.95. The fraction of sp³-hybridized carbons (Fsp3) is 1.00. The molecule has 11 heavy (non-hydrogen) atoms. The molecular formula is C9H19NO. The van der Waals surface area contributed by atoms with Crippen molar-refractivity contribution < 1.29 is 5.11 Å². The lowest BCUT2D eigenvalue weighted by Gasteiger charge is -2.40. The van der Waals surface area contributed by atoms with Gasteiger partial charge in [-0.2, -0.15) is 0 Å². The molecule has 0 aliphatic heterocycles. The number of aliphatic hydroxyl groups excluding tert-OH is 1. The van der Waals surface area contributed by atoms with Gasteiger partial charge in [-0.05, 0) is 31.1 Å². The minimum Gasteiger partial charge on any atom is -0.394 e. The molecule has 0 spiro atoms. The Morgan fingerprint density at radius 3 is 2.64 bits per heavy atom. The van der Waals surface area contributed by atoms with Crippen LogP contribution in [0.15, 0.2) is 0 Å². The van der Waals surface area contributed by atoms with Crippen LogP contribution in [-0.2, 0) is 0 Å². The van der Waals surface area contributed by atoms with Gasteiger partial charge in [0.1, 0.15) is 0 Å². The summed E-state index contributed by atoms with van der Waals surface area (Å²) in [6, 6.07) is 0. The third-order valence-corrected chi connectivity index (χ3v) is 3.13. The van der Waals surface area contributed by atoms with Crippen molar-refractivity contribution in [1.29, 1.82) is 0 Å². The van der Waals surface area contributed by atoms with E-state index in [4.69, 9.17) is 10.8 Å². The van der Waals surface area contributed by atoms with Crippen molar-refractivity contribution in [3.8, 4) is 0 Å². The van der Waals surface area contributed by atoms with E-state index in [1.54, 1.807) is 0 Å². The Morgan fingerprint density at radius 2 is 2.18 bits per heavy atom. The standard InChI is InChI=1S/C9H19NO/c1-7-3-4-9(10,6-11)8(2)5-7/h7-8,11H,3-6,10H2,1-2H3. The molecule has 3 atom stereocenters. The van der Waals surface area contributed by atoms with Crippen LogP contribution < -0.4 is 5.73 Å². The second-order valence-electron chi connectivity index (χ2n) is 4.17. The zero-order chi connectivity index (χ0) is 8.48. The van der Waals surface area contributed by atoms with Crippen LogP contribution in [-0.4, -0.2) is 17.3 Å². The number of hydrogen-bond acceptors (Lipinski definition) is 2. The lowest BCUT2D eigenvalue weighted by atomic mass is 9.71. The Bertz CT molecular complexity index is 138. The van der Waals surface area contributed by atoms with E-state index in [9.17, 15) is 0 Å². The molecule has 0 aromatic rings. The Hall–Kier alpha value is -0.0800. The van der Waals surface area contributed by atoms with Gasteiger partial charge in [0.25, 0.3) is 0 Å². The summed E-state index contributed by atoms with van der Waals surface area (Å²) in [5.74, 6) is 1.25. The van der Waals surface area contributed by atoms with E-state index in [1.807, 2.05) is 0 Å². The summed E-state index contributed by atoms with van der Waals surface area (Å²) in [5.41, 5.74) is 5.73. The predicted octanol–water partition coefficient (Wildman–Crippen LogP) is 1.13. The smallest absolute Gasteiger partial charge is 0.0613 e. The lowest BCUT2D eigenvalue weighted by Crippen LogP contribution is -2.52. The third-order valence-electron chi connectivity index (χ3n) is 3.13. The highest BCUT2D eigenvalue weighted by Gasteiger charge is 2.35. The van der Waals surface area contributed by atoms with Gasteiger partial charge in [-0.15, -0.1) is 0 Å². The molecule has 0 bridgehead atoms. The van der Waals surface area contributed by atoms with Gasteiger partial charge in [0.05, 0.1) is 6.61 Å². The van der Waals surface area contributed by atoms with Crippen molar-refractivity contribution in [1.82, 2.24) is 0 Å². The van der Waals surface area contributed by atoms with E-state index in [2.05, 4.69) is 13.8 Å². The molecule has 0 aromatic heterocycles. The van der Waals surface area contributed by atoms with E-state index >= 15 is 0 Å². The maximum atomic E-state index is 9.08. The van der Waals surface area contributed by atoms with Crippen LogP contribution in [0.5, 0.6) is 0 Å². The van der Waals surface area contributed by atoms with E-state index in [0.717, 1.165) is 18.8 Å². The highest BCUT2D eigenvalue weighted by molar-refractivity contribution is 4.93. The molecule has 66 valence electrons. The quantitative estimate of drug-likeness (QED) is 0.599. The van der Waals surface area contributed by atoms with E-state index < -0.39 is 0 Å². The summed E-state index contributed by atoms with van der Waals surface area (Å²) < 4.78 is 0. The highest BCUT2D eigenvalue weighted by atomic mass is 16.3. The van der Waals surface area contributed by atoms with Gasteiger partial charge in [0, 0.05) is 5.54 Å². The molecule has 0 aromatic carbocycles. The van der Waals surface area contributed by atoms with Gasteiger partial charge in [0.2, 0.25) is 0 Å². The van der Waals surface area contributed by atoms with Gasteiger partial charge in [-0.1, -0.05) is 13.8 Å². The topological polar surface area (TPSA) is 46.2 Å². The first kappa shape index (κ1) is 9.01. The third kappa shape index (κ3) is 1.74. The minimum absolute atomic E-state index is 0.140. The van der Waals surface area contributed by atoms with Crippen LogP contribution in [0.3, 0.4) is 0 Å². The van der Waals surface area contributed by atoms with Gasteiger partial charge in [0.15, 0.2) is 0 Å². The molecule has 3 unspecified atom stereocenters. The zero-order valence-electron chi connectivity index (χ0n) is 7.51. The van der Waals surface area contributed by atoms with Crippen LogP contribution >= 0.6 is 0 Å². The molecule has 0 radical (unpaired) electrons. The van der Waals surface area contributed by atoms with Crippen molar-refractivity contribution in [2.75, 3.05) is 6.61 Å². The molecule has 1 saturated carbocycles. The second kappa shape index (κ2) is 3.11. The van der Waals surface area contributed by atoms with E-state index in [-0.39, 0.29) is 12.1 Å². The molecule has 0 amide bonds. The maximum Gasteiger partial charge on any atom is 0.0613 e.